The zero-order valence-corrected chi connectivity index (χ0v) is 15.0. The Balaban J connectivity index is 1.45. The molecule has 0 saturated heterocycles. The Bertz CT molecular complexity index is 1040. The summed E-state index contributed by atoms with van der Waals surface area (Å²) in [5, 5.41) is 18.9. The molecular formula is C19H16N6OS. The molecule has 2 aromatic heterocycles. The lowest BCUT2D eigenvalue weighted by Gasteiger charge is -2.11. The van der Waals surface area contributed by atoms with Crippen molar-refractivity contribution in [3.05, 3.63) is 65.5 Å². The molecule has 8 heteroatoms. The molecule has 7 nitrogen and oxygen atoms in total. The number of benzene rings is 2. The topological polar surface area (TPSA) is 110 Å². The van der Waals surface area contributed by atoms with Gasteiger partial charge in [-0.05, 0) is 34.4 Å². The molecule has 0 aliphatic carbocycles. The van der Waals surface area contributed by atoms with Gasteiger partial charge in [0.05, 0.1) is 17.9 Å². The van der Waals surface area contributed by atoms with Crippen molar-refractivity contribution in [2.45, 2.75) is 0 Å². The molecular weight excluding hydrogens is 360 g/mol. The van der Waals surface area contributed by atoms with Crippen molar-refractivity contribution in [2.75, 3.05) is 17.6 Å². The van der Waals surface area contributed by atoms with Crippen molar-refractivity contribution in [1.29, 1.82) is 0 Å². The number of nitrogens with zero attached hydrogens (tertiary/aromatic N) is 3. The molecule has 27 heavy (non-hydrogen) atoms. The molecule has 0 unspecified atom stereocenters. The van der Waals surface area contributed by atoms with Crippen molar-refractivity contribution < 1.29 is 4.79 Å². The van der Waals surface area contributed by atoms with Crippen LogP contribution in [0, 0.1) is 0 Å². The summed E-state index contributed by atoms with van der Waals surface area (Å²) in [5.41, 5.74) is 9.86. The van der Waals surface area contributed by atoms with Gasteiger partial charge in [0.25, 0.3) is 0 Å². The molecule has 0 fully saturated rings. The Morgan fingerprint density at radius 2 is 1.93 bits per heavy atom. The van der Waals surface area contributed by atoms with Gasteiger partial charge in [-0.15, -0.1) is 21.5 Å². The summed E-state index contributed by atoms with van der Waals surface area (Å²) < 4.78 is 0. The van der Waals surface area contributed by atoms with Crippen LogP contribution >= 0.6 is 11.3 Å². The highest BCUT2D eigenvalue weighted by Gasteiger charge is 2.10. The molecule has 134 valence electrons. The molecule has 0 amide bonds. The second-order valence-electron chi connectivity index (χ2n) is 5.87. The third-order valence-corrected chi connectivity index (χ3v) is 5.03. The van der Waals surface area contributed by atoms with E-state index in [1.165, 1.54) is 0 Å². The van der Waals surface area contributed by atoms with Crippen LogP contribution in [-0.4, -0.2) is 33.0 Å². The summed E-state index contributed by atoms with van der Waals surface area (Å²) in [6.07, 6.45) is 0. The van der Waals surface area contributed by atoms with Crippen LogP contribution in [-0.2, 0) is 0 Å². The molecule has 4 rings (SSSR count). The minimum Gasteiger partial charge on any atom is -0.397 e. The quantitative estimate of drug-likeness (QED) is 0.351. The lowest BCUT2D eigenvalue weighted by atomic mass is 10.1. The van der Waals surface area contributed by atoms with E-state index in [9.17, 15) is 4.79 Å². The van der Waals surface area contributed by atoms with Crippen molar-refractivity contribution >= 4 is 28.5 Å². The van der Waals surface area contributed by atoms with E-state index >= 15 is 0 Å². The molecule has 0 radical (unpaired) electrons. The van der Waals surface area contributed by atoms with Crippen molar-refractivity contribution in [1.82, 2.24) is 20.6 Å². The lowest BCUT2D eigenvalue weighted by Crippen LogP contribution is -2.14. The normalized spacial score (nSPS) is 10.7. The van der Waals surface area contributed by atoms with E-state index in [-0.39, 0.29) is 12.3 Å². The average Bonchev–Trinajstić information content (AvgIpc) is 3.41. The Morgan fingerprint density at radius 1 is 1.11 bits per heavy atom. The molecule has 0 atom stereocenters. The number of hydrogen-bond donors (Lipinski definition) is 3. The first kappa shape index (κ1) is 16.9. The van der Waals surface area contributed by atoms with Crippen LogP contribution in [0.15, 0.2) is 60.0 Å². The number of thiophene rings is 1. The van der Waals surface area contributed by atoms with Crippen molar-refractivity contribution in [3.8, 4) is 21.8 Å². The van der Waals surface area contributed by atoms with Gasteiger partial charge in [-0.3, -0.25) is 4.79 Å². The van der Waals surface area contributed by atoms with Gasteiger partial charge in [0, 0.05) is 16.0 Å². The van der Waals surface area contributed by atoms with Gasteiger partial charge < -0.3 is 11.1 Å². The molecule has 2 aromatic carbocycles. The number of aromatic nitrogens is 4. The summed E-state index contributed by atoms with van der Waals surface area (Å²) in [6, 6.07) is 16.9. The molecule has 0 aliphatic heterocycles. The highest BCUT2D eigenvalue weighted by molar-refractivity contribution is 7.13. The molecule has 0 saturated carbocycles. The van der Waals surface area contributed by atoms with Crippen LogP contribution in [0.3, 0.4) is 0 Å². The van der Waals surface area contributed by atoms with E-state index in [1.54, 1.807) is 35.6 Å². The zero-order valence-electron chi connectivity index (χ0n) is 14.2. The standard InChI is InChI=1S/C19H16N6OS/c20-15-8-7-14(18-2-1-9-27-18)10-16(15)21-11-17(26)12-3-5-13(6-4-12)19-22-24-25-23-19/h1-10,21H,11,20H2,(H,22,23,24,25). The fraction of sp³-hybridized carbons (Fsp3) is 0.0526. The van der Waals surface area contributed by atoms with Crippen LogP contribution in [0.5, 0.6) is 0 Å². The number of aromatic amines is 1. The van der Waals surface area contributed by atoms with Gasteiger partial charge >= 0.3 is 0 Å². The van der Waals surface area contributed by atoms with Crippen molar-refractivity contribution in [3.63, 3.8) is 0 Å². The third kappa shape index (κ3) is 3.70. The smallest absolute Gasteiger partial charge is 0.204 e. The number of ketones is 1. The molecule has 4 aromatic rings. The van der Waals surface area contributed by atoms with E-state index in [4.69, 9.17) is 5.73 Å². The summed E-state index contributed by atoms with van der Waals surface area (Å²) in [6.45, 7) is 0.152. The number of H-pyrrole nitrogens is 1. The predicted molar refractivity (Wildman–Crippen MR) is 107 cm³/mol. The Kier molecular flexibility index (Phi) is 4.63. The Labute approximate surface area is 159 Å². The van der Waals surface area contributed by atoms with E-state index in [0.717, 1.165) is 21.7 Å². The van der Waals surface area contributed by atoms with Gasteiger partial charge in [-0.25, -0.2) is 0 Å². The maximum Gasteiger partial charge on any atom is 0.204 e. The SMILES string of the molecule is Nc1ccc(-c2cccs2)cc1NCC(=O)c1ccc(-c2nn[nH]n2)cc1. The van der Waals surface area contributed by atoms with E-state index in [1.807, 2.05) is 29.6 Å². The first-order valence-electron chi connectivity index (χ1n) is 8.25. The molecule has 0 spiro atoms. The number of hydrogen-bond acceptors (Lipinski definition) is 7. The number of nitrogens with one attached hydrogen (secondary N) is 2. The number of carbonyl (C=O) groups excluding carboxylic acids is 1. The average molecular weight is 376 g/mol. The van der Waals surface area contributed by atoms with E-state index in [2.05, 4.69) is 32.0 Å². The van der Waals surface area contributed by atoms with Gasteiger partial charge in [0.2, 0.25) is 5.82 Å². The van der Waals surface area contributed by atoms with Crippen LogP contribution in [0.2, 0.25) is 0 Å². The predicted octanol–water partition coefficient (Wildman–Crippen LogP) is 3.47. The third-order valence-electron chi connectivity index (χ3n) is 4.11. The molecule has 4 N–H and O–H groups in total. The minimum absolute atomic E-state index is 0.0319. The van der Waals surface area contributed by atoms with Crippen LogP contribution in [0.25, 0.3) is 21.8 Å². The number of Topliss-reactive ketones (excluding diaryl/α,β-unsaturated/α-hetero) is 1. The summed E-state index contributed by atoms with van der Waals surface area (Å²) in [7, 11) is 0. The van der Waals surface area contributed by atoms with Crippen LogP contribution in [0.4, 0.5) is 11.4 Å². The number of nitrogen functional groups attached to an aromatic ring is 1. The minimum atomic E-state index is -0.0319. The van der Waals surface area contributed by atoms with Crippen molar-refractivity contribution in [2.24, 2.45) is 0 Å². The fourth-order valence-corrected chi connectivity index (χ4v) is 3.40. The van der Waals surface area contributed by atoms with Crippen LogP contribution < -0.4 is 11.1 Å². The molecule has 0 aliphatic rings. The first-order chi connectivity index (χ1) is 13.2. The number of anilines is 2. The largest absolute Gasteiger partial charge is 0.397 e. The Hall–Kier alpha value is -3.52. The van der Waals surface area contributed by atoms with Gasteiger partial charge in [0.15, 0.2) is 5.78 Å². The number of rotatable bonds is 6. The number of tetrazole rings is 1. The summed E-state index contributed by atoms with van der Waals surface area (Å²) >= 11 is 1.66. The maximum atomic E-state index is 12.5. The van der Waals surface area contributed by atoms with Gasteiger partial charge in [-0.1, -0.05) is 36.4 Å². The van der Waals surface area contributed by atoms with Gasteiger partial charge in [0.1, 0.15) is 0 Å². The lowest BCUT2D eigenvalue weighted by molar-refractivity contribution is 0.101. The zero-order chi connectivity index (χ0) is 18.6. The second kappa shape index (κ2) is 7.38. The molecule has 2 heterocycles. The fourth-order valence-electron chi connectivity index (χ4n) is 2.67. The Morgan fingerprint density at radius 3 is 2.63 bits per heavy atom. The number of carbonyl (C=O) groups is 1. The van der Waals surface area contributed by atoms with Crippen LogP contribution in [0.1, 0.15) is 10.4 Å². The van der Waals surface area contributed by atoms with E-state index in [0.29, 0.717) is 17.1 Å². The summed E-state index contributed by atoms with van der Waals surface area (Å²) in [4.78, 5) is 13.6. The monoisotopic (exact) mass is 376 g/mol. The highest BCUT2D eigenvalue weighted by atomic mass is 32.1. The summed E-state index contributed by atoms with van der Waals surface area (Å²) in [5.74, 6) is 0.459. The molecule has 0 bridgehead atoms. The number of nitrogens with two attached hydrogens (primary N) is 1. The highest BCUT2D eigenvalue weighted by Crippen LogP contribution is 2.30. The first-order valence-corrected chi connectivity index (χ1v) is 9.13. The second-order valence-corrected chi connectivity index (χ2v) is 6.82. The van der Waals surface area contributed by atoms with E-state index < -0.39 is 0 Å². The maximum absolute atomic E-state index is 12.5. The van der Waals surface area contributed by atoms with Gasteiger partial charge in [-0.2, -0.15) is 5.21 Å².